The van der Waals surface area contributed by atoms with Gasteiger partial charge in [-0.3, -0.25) is 9.59 Å². The molecule has 5 nitrogen and oxygen atoms in total. The van der Waals surface area contributed by atoms with Crippen LogP contribution in [0.15, 0.2) is 24.3 Å². The lowest BCUT2D eigenvalue weighted by atomic mass is 9.69. The molecule has 2 atom stereocenters. The number of likely N-dealkylation sites (tertiary alicyclic amines) is 1. The Hall–Kier alpha value is -1.88. The smallest absolute Gasteiger partial charge is 0.253 e. The zero-order chi connectivity index (χ0) is 17.6. The number of aliphatic hydroxyl groups is 1. The lowest BCUT2D eigenvalue weighted by Crippen LogP contribution is -2.48. The summed E-state index contributed by atoms with van der Waals surface area (Å²) in [6.45, 7) is 3.85. The molecule has 5 heteroatoms. The molecule has 3 fully saturated rings. The molecular weight excluding hydrogens is 316 g/mol. The first-order valence-corrected chi connectivity index (χ1v) is 9.41. The Bertz CT molecular complexity index is 683. The molecule has 2 aliphatic heterocycles. The molecule has 2 unspecified atom stereocenters. The number of benzene rings is 1. The minimum Gasteiger partial charge on any atom is -0.387 e. The molecule has 0 bridgehead atoms. The van der Waals surface area contributed by atoms with Crippen molar-refractivity contribution < 1.29 is 14.7 Å². The second-order valence-electron chi connectivity index (χ2n) is 7.90. The van der Waals surface area contributed by atoms with E-state index < -0.39 is 5.60 Å². The third-order valence-corrected chi connectivity index (χ3v) is 6.39. The van der Waals surface area contributed by atoms with Gasteiger partial charge in [0.15, 0.2) is 0 Å². The van der Waals surface area contributed by atoms with Crippen molar-refractivity contribution in [3.8, 4) is 0 Å². The fraction of sp³-hybridized carbons (Fsp3) is 0.600. The van der Waals surface area contributed by atoms with Crippen molar-refractivity contribution in [2.24, 2.45) is 11.8 Å². The summed E-state index contributed by atoms with van der Waals surface area (Å²) in [6, 6.07) is 7.31. The lowest BCUT2D eigenvalue weighted by molar-refractivity contribution is -0.117. The molecule has 25 heavy (non-hydrogen) atoms. The van der Waals surface area contributed by atoms with Gasteiger partial charge >= 0.3 is 0 Å². The molecule has 4 rings (SSSR count). The van der Waals surface area contributed by atoms with Gasteiger partial charge in [0, 0.05) is 36.7 Å². The quantitative estimate of drug-likeness (QED) is 0.918. The molecule has 0 radical (unpaired) electrons. The average molecular weight is 342 g/mol. The number of carbonyl (C=O) groups is 2. The van der Waals surface area contributed by atoms with Crippen LogP contribution in [0.2, 0.25) is 0 Å². The minimum absolute atomic E-state index is 0.0265. The van der Waals surface area contributed by atoms with Gasteiger partial charge in [-0.2, -0.15) is 0 Å². The second-order valence-corrected chi connectivity index (χ2v) is 7.90. The van der Waals surface area contributed by atoms with E-state index in [-0.39, 0.29) is 17.7 Å². The summed E-state index contributed by atoms with van der Waals surface area (Å²) in [6.07, 6.45) is 4.82. The fourth-order valence-corrected chi connectivity index (χ4v) is 4.50. The van der Waals surface area contributed by atoms with Crippen molar-refractivity contribution >= 4 is 17.5 Å². The Morgan fingerprint density at radius 3 is 2.48 bits per heavy atom. The molecule has 2 saturated heterocycles. The van der Waals surface area contributed by atoms with Crippen LogP contribution in [0.25, 0.3) is 0 Å². The van der Waals surface area contributed by atoms with Crippen LogP contribution in [-0.2, 0) is 4.79 Å². The number of nitrogens with zero attached hydrogens (tertiary/aromatic N) is 2. The molecule has 0 spiro atoms. The van der Waals surface area contributed by atoms with E-state index in [9.17, 15) is 14.7 Å². The van der Waals surface area contributed by atoms with E-state index in [0.29, 0.717) is 31.0 Å². The number of hydrogen-bond acceptors (Lipinski definition) is 3. The predicted octanol–water partition coefficient (Wildman–Crippen LogP) is 2.44. The number of amides is 2. The molecule has 1 aromatic carbocycles. The fourth-order valence-electron chi connectivity index (χ4n) is 4.50. The van der Waals surface area contributed by atoms with Crippen molar-refractivity contribution in [3.63, 3.8) is 0 Å². The molecule has 1 aromatic rings. The van der Waals surface area contributed by atoms with E-state index in [2.05, 4.69) is 0 Å². The molecule has 3 aliphatic rings. The zero-order valence-electron chi connectivity index (χ0n) is 14.8. The van der Waals surface area contributed by atoms with E-state index in [1.165, 1.54) is 6.42 Å². The van der Waals surface area contributed by atoms with Gasteiger partial charge in [0.05, 0.1) is 12.1 Å². The molecule has 134 valence electrons. The van der Waals surface area contributed by atoms with Crippen molar-refractivity contribution in [3.05, 3.63) is 29.8 Å². The topological polar surface area (TPSA) is 60.9 Å². The Morgan fingerprint density at radius 2 is 1.92 bits per heavy atom. The summed E-state index contributed by atoms with van der Waals surface area (Å²) in [5, 5.41) is 11.0. The van der Waals surface area contributed by atoms with Gasteiger partial charge in [-0.1, -0.05) is 13.3 Å². The summed E-state index contributed by atoms with van der Waals surface area (Å²) in [5.41, 5.74) is 0.760. The first-order chi connectivity index (χ1) is 12.0. The maximum absolute atomic E-state index is 12.8. The average Bonchev–Trinajstić information content (AvgIpc) is 3.09. The monoisotopic (exact) mass is 342 g/mol. The zero-order valence-corrected chi connectivity index (χ0v) is 14.8. The first kappa shape index (κ1) is 16.6. The molecule has 2 heterocycles. The number of β-amino-alcohol motifs (C(OH)–C–C–N with tert-alkyl or cyclic N) is 1. The summed E-state index contributed by atoms with van der Waals surface area (Å²) >= 11 is 0. The summed E-state index contributed by atoms with van der Waals surface area (Å²) in [5.74, 6) is 0.575. The maximum Gasteiger partial charge on any atom is 0.253 e. The third kappa shape index (κ3) is 2.74. The van der Waals surface area contributed by atoms with Crippen molar-refractivity contribution in [2.75, 3.05) is 24.5 Å². The van der Waals surface area contributed by atoms with Gasteiger partial charge < -0.3 is 14.9 Å². The maximum atomic E-state index is 12.8. The van der Waals surface area contributed by atoms with Gasteiger partial charge in [0.2, 0.25) is 5.91 Å². The van der Waals surface area contributed by atoms with E-state index >= 15 is 0 Å². The highest BCUT2D eigenvalue weighted by atomic mass is 16.3. The van der Waals surface area contributed by atoms with Crippen molar-refractivity contribution in [2.45, 2.75) is 44.6 Å². The number of rotatable bonds is 3. The Kier molecular flexibility index (Phi) is 4.07. The number of carbonyl (C=O) groups excluding carboxylic acids is 2. The van der Waals surface area contributed by atoms with Crippen LogP contribution in [0.1, 0.15) is 49.4 Å². The predicted molar refractivity (Wildman–Crippen MR) is 95.4 cm³/mol. The van der Waals surface area contributed by atoms with E-state index in [1.807, 2.05) is 19.1 Å². The SMILES string of the molecule is CC1CN(C(=O)c2ccc(N3CCCC3=O)cc2)CC1(O)C1CCC1. The Morgan fingerprint density at radius 1 is 1.20 bits per heavy atom. The van der Waals surface area contributed by atoms with Crippen LogP contribution in [0.5, 0.6) is 0 Å². The van der Waals surface area contributed by atoms with E-state index in [0.717, 1.165) is 31.5 Å². The van der Waals surface area contributed by atoms with Crippen molar-refractivity contribution in [1.82, 2.24) is 4.90 Å². The minimum atomic E-state index is -0.726. The molecule has 2 amide bonds. The number of hydrogen-bond donors (Lipinski definition) is 1. The molecular formula is C20H26N2O3. The van der Waals surface area contributed by atoms with Crippen LogP contribution >= 0.6 is 0 Å². The van der Waals surface area contributed by atoms with Crippen LogP contribution in [0.3, 0.4) is 0 Å². The summed E-state index contributed by atoms with van der Waals surface area (Å²) in [4.78, 5) is 28.2. The first-order valence-electron chi connectivity index (χ1n) is 9.41. The largest absolute Gasteiger partial charge is 0.387 e. The van der Waals surface area contributed by atoms with E-state index in [4.69, 9.17) is 0 Å². The van der Waals surface area contributed by atoms with Crippen LogP contribution in [0.4, 0.5) is 5.69 Å². The highest BCUT2D eigenvalue weighted by Gasteiger charge is 2.51. The normalized spacial score (nSPS) is 30.0. The second kappa shape index (κ2) is 6.13. The van der Waals surface area contributed by atoms with Crippen LogP contribution in [-0.4, -0.2) is 47.1 Å². The third-order valence-electron chi connectivity index (χ3n) is 6.39. The molecule has 0 aromatic heterocycles. The van der Waals surface area contributed by atoms with Gasteiger partial charge in [0.25, 0.3) is 5.91 Å². The molecule has 1 N–H and O–H groups in total. The van der Waals surface area contributed by atoms with Gasteiger partial charge in [-0.25, -0.2) is 0 Å². The molecule has 1 aliphatic carbocycles. The van der Waals surface area contributed by atoms with Gasteiger partial charge in [-0.15, -0.1) is 0 Å². The van der Waals surface area contributed by atoms with E-state index in [1.54, 1.807) is 21.9 Å². The summed E-state index contributed by atoms with van der Waals surface area (Å²) in [7, 11) is 0. The molecule has 1 saturated carbocycles. The Balaban J connectivity index is 1.47. The standard InChI is InChI=1S/C20H26N2O3/c1-14-12-21(13-20(14,25)16-4-2-5-16)19(24)15-7-9-17(10-8-15)22-11-3-6-18(22)23/h7-10,14,16,25H,2-6,11-13H2,1H3. The highest BCUT2D eigenvalue weighted by Crippen LogP contribution is 2.44. The van der Waals surface area contributed by atoms with Crippen LogP contribution in [0, 0.1) is 11.8 Å². The Labute approximate surface area is 148 Å². The lowest BCUT2D eigenvalue weighted by Gasteiger charge is -2.41. The highest BCUT2D eigenvalue weighted by molar-refractivity contribution is 5.97. The van der Waals surface area contributed by atoms with Crippen LogP contribution < -0.4 is 4.90 Å². The summed E-state index contributed by atoms with van der Waals surface area (Å²) < 4.78 is 0. The van der Waals surface area contributed by atoms with Crippen molar-refractivity contribution in [1.29, 1.82) is 0 Å². The van der Waals surface area contributed by atoms with Gasteiger partial charge in [-0.05, 0) is 49.4 Å². The van der Waals surface area contributed by atoms with Gasteiger partial charge in [0.1, 0.15) is 0 Å². The number of anilines is 1.